The van der Waals surface area contributed by atoms with E-state index in [2.05, 4.69) is 25.6 Å². The lowest BCUT2D eigenvalue weighted by atomic mass is 10.0. The highest BCUT2D eigenvalue weighted by Crippen LogP contribution is 2.27. The van der Waals surface area contributed by atoms with Crippen LogP contribution < -0.4 is 20.1 Å². The minimum atomic E-state index is -0.681. The molecular weight excluding hydrogens is 522 g/mol. The number of amides is 2. The van der Waals surface area contributed by atoms with Crippen LogP contribution in [0.5, 0.6) is 11.5 Å². The van der Waals surface area contributed by atoms with Gasteiger partial charge in [0.05, 0.1) is 31.7 Å². The highest BCUT2D eigenvalue weighted by molar-refractivity contribution is 5.93. The molecule has 0 saturated heterocycles. The van der Waals surface area contributed by atoms with Crippen LogP contribution in [0, 0.1) is 6.92 Å². The van der Waals surface area contributed by atoms with Gasteiger partial charge in [-0.1, -0.05) is 12.8 Å². The first-order valence-electron chi connectivity index (χ1n) is 14.0. The SMILES string of the molecule is COc1ccc2nc(CCNC(=O)[C@H](CCCCCC(C)=O)NC(=O)Cc3c(C)[nH]c4ccc(OC)cc34)[nH]c2c1. The van der Waals surface area contributed by atoms with Gasteiger partial charge in [0.25, 0.3) is 0 Å². The molecule has 0 saturated carbocycles. The van der Waals surface area contributed by atoms with Crippen molar-refractivity contribution >= 4 is 39.5 Å². The van der Waals surface area contributed by atoms with E-state index >= 15 is 0 Å². The van der Waals surface area contributed by atoms with Crippen LogP contribution >= 0.6 is 0 Å². The molecule has 0 bridgehead atoms. The van der Waals surface area contributed by atoms with Crippen molar-refractivity contribution in [2.45, 2.75) is 64.8 Å². The van der Waals surface area contributed by atoms with Crippen LogP contribution in [0.1, 0.15) is 56.1 Å². The normalized spacial score (nSPS) is 11.9. The Balaban J connectivity index is 1.38. The Labute approximate surface area is 239 Å². The van der Waals surface area contributed by atoms with Crippen LogP contribution in [0.15, 0.2) is 36.4 Å². The second-order valence-electron chi connectivity index (χ2n) is 10.3. The Morgan fingerprint density at radius 1 is 0.951 bits per heavy atom. The van der Waals surface area contributed by atoms with Crippen molar-refractivity contribution < 1.29 is 23.9 Å². The summed E-state index contributed by atoms with van der Waals surface area (Å²) >= 11 is 0. The zero-order valence-corrected chi connectivity index (χ0v) is 24.2. The average molecular weight is 562 g/mol. The summed E-state index contributed by atoms with van der Waals surface area (Å²) < 4.78 is 10.6. The summed E-state index contributed by atoms with van der Waals surface area (Å²) in [6.07, 6.45) is 3.96. The molecule has 2 amide bonds. The lowest BCUT2D eigenvalue weighted by molar-refractivity contribution is -0.128. The summed E-state index contributed by atoms with van der Waals surface area (Å²) in [5.74, 6) is 1.90. The zero-order chi connectivity index (χ0) is 29.4. The largest absolute Gasteiger partial charge is 0.497 e. The average Bonchev–Trinajstić information content (AvgIpc) is 3.50. The van der Waals surface area contributed by atoms with Crippen molar-refractivity contribution in [1.82, 2.24) is 25.6 Å². The lowest BCUT2D eigenvalue weighted by Gasteiger charge is -2.19. The van der Waals surface area contributed by atoms with Gasteiger partial charge in [0.15, 0.2) is 0 Å². The van der Waals surface area contributed by atoms with Gasteiger partial charge in [0, 0.05) is 42.0 Å². The van der Waals surface area contributed by atoms with Crippen molar-refractivity contribution in [2.75, 3.05) is 20.8 Å². The molecule has 0 aliphatic heterocycles. The zero-order valence-electron chi connectivity index (χ0n) is 24.2. The van der Waals surface area contributed by atoms with Crippen molar-refractivity contribution in [3.8, 4) is 11.5 Å². The quantitative estimate of drug-likeness (QED) is 0.160. The van der Waals surface area contributed by atoms with E-state index in [4.69, 9.17) is 9.47 Å². The van der Waals surface area contributed by atoms with Gasteiger partial charge in [0.1, 0.15) is 29.1 Å². The van der Waals surface area contributed by atoms with Gasteiger partial charge < -0.3 is 34.9 Å². The highest BCUT2D eigenvalue weighted by atomic mass is 16.5. The van der Waals surface area contributed by atoms with Crippen molar-refractivity contribution in [2.24, 2.45) is 0 Å². The number of methoxy groups -OCH3 is 2. The molecule has 4 rings (SSSR count). The molecule has 10 nitrogen and oxygen atoms in total. The molecule has 0 spiro atoms. The van der Waals surface area contributed by atoms with Crippen LogP contribution in [0.2, 0.25) is 0 Å². The number of aryl methyl sites for hydroxylation is 1. The lowest BCUT2D eigenvalue weighted by Crippen LogP contribution is -2.47. The fourth-order valence-corrected chi connectivity index (χ4v) is 5.00. The summed E-state index contributed by atoms with van der Waals surface area (Å²) in [6.45, 7) is 3.88. The topological polar surface area (TPSA) is 138 Å². The number of nitrogens with one attached hydrogen (secondary N) is 4. The second-order valence-corrected chi connectivity index (χ2v) is 10.3. The third-order valence-electron chi connectivity index (χ3n) is 7.24. The summed E-state index contributed by atoms with van der Waals surface area (Å²) in [5.41, 5.74) is 4.39. The van der Waals surface area contributed by atoms with Gasteiger partial charge in [-0.2, -0.15) is 0 Å². The van der Waals surface area contributed by atoms with Crippen LogP contribution in [-0.2, 0) is 27.2 Å². The van der Waals surface area contributed by atoms with E-state index in [1.54, 1.807) is 21.1 Å². The Kier molecular flexibility index (Phi) is 10.00. The molecule has 4 aromatic rings. The molecule has 41 heavy (non-hydrogen) atoms. The second kappa shape index (κ2) is 13.8. The van der Waals surface area contributed by atoms with Gasteiger partial charge in [-0.05, 0) is 62.6 Å². The monoisotopic (exact) mass is 561 g/mol. The van der Waals surface area contributed by atoms with Crippen LogP contribution in [0.3, 0.4) is 0 Å². The molecule has 1 atom stereocenters. The Morgan fingerprint density at radius 3 is 2.46 bits per heavy atom. The minimum absolute atomic E-state index is 0.134. The van der Waals surface area contributed by atoms with Crippen LogP contribution in [-0.4, -0.2) is 59.4 Å². The van der Waals surface area contributed by atoms with Crippen molar-refractivity contribution in [1.29, 1.82) is 0 Å². The van der Waals surface area contributed by atoms with Gasteiger partial charge in [-0.3, -0.25) is 9.59 Å². The number of aromatic amines is 2. The number of H-pyrrole nitrogens is 2. The maximum absolute atomic E-state index is 13.2. The molecule has 218 valence electrons. The van der Waals surface area contributed by atoms with Crippen molar-refractivity contribution in [3.05, 3.63) is 53.5 Å². The van der Waals surface area contributed by atoms with Gasteiger partial charge in [-0.25, -0.2) is 4.98 Å². The minimum Gasteiger partial charge on any atom is -0.497 e. The predicted molar refractivity (Wildman–Crippen MR) is 158 cm³/mol. The third kappa shape index (κ3) is 7.87. The summed E-state index contributed by atoms with van der Waals surface area (Å²) in [5, 5.41) is 6.84. The molecule has 0 aliphatic rings. The fraction of sp³-hybridized carbons (Fsp3) is 0.419. The number of hydrogen-bond donors (Lipinski definition) is 4. The van der Waals surface area contributed by atoms with Crippen molar-refractivity contribution in [3.63, 3.8) is 0 Å². The molecule has 10 heteroatoms. The number of hydrogen-bond acceptors (Lipinski definition) is 6. The predicted octanol–water partition coefficient (Wildman–Crippen LogP) is 4.30. The number of aromatic nitrogens is 3. The smallest absolute Gasteiger partial charge is 0.242 e. The molecule has 0 aliphatic carbocycles. The Bertz CT molecular complexity index is 1520. The first-order valence-corrected chi connectivity index (χ1v) is 14.0. The van der Waals surface area contributed by atoms with Gasteiger partial charge in [0.2, 0.25) is 11.8 Å². The first-order chi connectivity index (χ1) is 19.8. The maximum atomic E-state index is 13.2. The number of rotatable bonds is 15. The van der Waals surface area contributed by atoms with E-state index in [0.717, 1.165) is 64.0 Å². The van der Waals surface area contributed by atoms with E-state index in [0.29, 0.717) is 31.6 Å². The number of unbranched alkanes of at least 4 members (excludes halogenated alkanes) is 2. The third-order valence-corrected chi connectivity index (χ3v) is 7.24. The number of nitrogens with zero attached hydrogens (tertiary/aromatic N) is 1. The Morgan fingerprint density at radius 2 is 1.71 bits per heavy atom. The number of ether oxygens (including phenoxy) is 2. The number of fused-ring (bicyclic) bond motifs is 2. The number of imidazole rings is 1. The number of Topliss-reactive ketones (excluding diaryl/α,β-unsaturated/α-hetero) is 1. The molecule has 2 aromatic carbocycles. The van der Waals surface area contributed by atoms with E-state index in [1.165, 1.54) is 0 Å². The van der Waals surface area contributed by atoms with E-state index < -0.39 is 6.04 Å². The molecule has 0 radical (unpaired) electrons. The standard InChI is InChI=1S/C31H39N5O5/c1-19(37)8-6-5-7-9-27(31(39)32-15-14-29-34-26-13-11-22(41-4)17-28(26)35-29)36-30(38)18-23-20(2)33-25-12-10-21(40-3)16-24(23)25/h10-13,16-17,27,33H,5-9,14-15,18H2,1-4H3,(H,32,39)(H,34,35)(H,36,38)/t27-/m0/s1. The van der Waals surface area contributed by atoms with E-state index in [1.807, 2.05) is 43.3 Å². The van der Waals surface area contributed by atoms with Gasteiger partial charge >= 0.3 is 0 Å². The number of ketones is 1. The molecular formula is C31H39N5O5. The number of carbonyl (C=O) groups is 3. The molecule has 2 aromatic heterocycles. The maximum Gasteiger partial charge on any atom is 0.242 e. The van der Waals surface area contributed by atoms with E-state index in [-0.39, 0.29) is 24.0 Å². The molecule has 4 N–H and O–H groups in total. The first kappa shape index (κ1) is 29.6. The summed E-state index contributed by atoms with van der Waals surface area (Å²) in [4.78, 5) is 48.9. The highest BCUT2D eigenvalue weighted by Gasteiger charge is 2.22. The van der Waals surface area contributed by atoms with Crippen LogP contribution in [0.4, 0.5) is 0 Å². The summed E-state index contributed by atoms with van der Waals surface area (Å²) in [6, 6.07) is 10.7. The van der Waals surface area contributed by atoms with Gasteiger partial charge in [-0.15, -0.1) is 0 Å². The summed E-state index contributed by atoms with van der Waals surface area (Å²) in [7, 11) is 3.23. The molecule has 2 heterocycles. The van der Waals surface area contributed by atoms with E-state index in [9.17, 15) is 14.4 Å². The Hall–Kier alpha value is -4.34. The number of carbonyl (C=O) groups excluding carboxylic acids is 3. The fourth-order valence-electron chi connectivity index (χ4n) is 5.00. The molecule has 0 unspecified atom stereocenters. The molecule has 0 fully saturated rings. The van der Waals surface area contributed by atoms with Crippen LogP contribution in [0.25, 0.3) is 21.9 Å². The number of benzene rings is 2.